The van der Waals surface area contributed by atoms with Crippen molar-refractivity contribution in [2.45, 2.75) is 20.3 Å². The first-order valence-electron chi connectivity index (χ1n) is 6.58. The lowest BCUT2D eigenvalue weighted by atomic mass is 10.1. The largest absolute Gasteiger partial charge is 0.497 e. The summed E-state index contributed by atoms with van der Waals surface area (Å²) in [5.74, 6) is 1.44. The molecule has 2 aromatic rings. The van der Waals surface area contributed by atoms with Crippen LogP contribution in [-0.4, -0.2) is 25.3 Å². The molecule has 6 nitrogen and oxygen atoms in total. The highest BCUT2D eigenvalue weighted by molar-refractivity contribution is 6.05. The molecule has 0 unspecified atom stereocenters. The Balaban J connectivity index is 2.29. The number of carbonyl (C=O) groups excluding carboxylic acids is 1. The molecule has 0 fully saturated rings. The lowest BCUT2D eigenvalue weighted by Gasteiger charge is -2.09. The number of nitrogens with zero attached hydrogens (tertiary/aromatic N) is 1. The maximum Gasteiger partial charge on any atom is 0.261 e. The molecule has 1 aromatic heterocycles. The summed E-state index contributed by atoms with van der Waals surface area (Å²) in [6.45, 7) is 3.63. The first kappa shape index (κ1) is 14.9. The predicted molar refractivity (Wildman–Crippen MR) is 78.1 cm³/mol. The van der Waals surface area contributed by atoms with Gasteiger partial charge < -0.3 is 19.3 Å². The number of ether oxygens (including phenoxy) is 2. The molecule has 0 aliphatic heterocycles. The van der Waals surface area contributed by atoms with Gasteiger partial charge in [0.05, 0.1) is 19.9 Å². The second-order valence-corrected chi connectivity index (χ2v) is 4.47. The topological polar surface area (TPSA) is 73.6 Å². The number of aromatic nitrogens is 1. The Kier molecular flexibility index (Phi) is 4.47. The molecule has 1 amide bonds. The Bertz CT molecular complexity index is 627. The molecule has 1 heterocycles. The van der Waals surface area contributed by atoms with Crippen molar-refractivity contribution in [2.24, 2.45) is 0 Å². The van der Waals surface area contributed by atoms with E-state index < -0.39 is 0 Å². The molecule has 0 radical (unpaired) electrons. The van der Waals surface area contributed by atoms with Crippen molar-refractivity contribution < 1.29 is 18.8 Å². The summed E-state index contributed by atoms with van der Waals surface area (Å²) in [6.07, 6.45) is 0.627. The van der Waals surface area contributed by atoms with E-state index >= 15 is 0 Å². The van der Waals surface area contributed by atoms with Crippen LogP contribution in [0.1, 0.15) is 28.7 Å². The second-order valence-electron chi connectivity index (χ2n) is 4.47. The lowest BCUT2D eigenvalue weighted by molar-refractivity contribution is 0.102. The molecule has 0 bridgehead atoms. The van der Waals surface area contributed by atoms with Crippen LogP contribution >= 0.6 is 0 Å². The SMILES string of the molecule is CCc1noc(C)c1C(=O)Nc1cc(OC)cc(OC)c1. The number of nitrogens with one attached hydrogen (secondary N) is 1. The van der Waals surface area contributed by atoms with E-state index in [0.717, 1.165) is 0 Å². The van der Waals surface area contributed by atoms with Crippen molar-refractivity contribution in [2.75, 3.05) is 19.5 Å². The van der Waals surface area contributed by atoms with Gasteiger partial charge in [0.2, 0.25) is 0 Å². The minimum Gasteiger partial charge on any atom is -0.497 e. The quantitative estimate of drug-likeness (QED) is 0.916. The fourth-order valence-corrected chi connectivity index (χ4v) is 2.02. The third kappa shape index (κ3) is 3.16. The molecule has 1 aromatic carbocycles. The van der Waals surface area contributed by atoms with E-state index in [1.165, 1.54) is 0 Å². The summed E-state index contributed by atoms with van der Waals surface area (Å²) >= 11 is 0. The Labute approximate surface area is 123 Å². The number of aryl methyl sites for hydroxylation is 2. The van der Waals surface area contributed by atoms with Crippen molar-refractivity contribution in [3.05, 3.63) is 35.2 Å². The number of benzene rings is 1. The van der Waals surface area contributed by atoms with E-state index in [4.69, 9.17) is 14.0 Å². The monoisotopic (exact) mass is 290 g/mol. The van der Waals surface area contributed by atoms with Gasteiger partial charge in [0.15, 0.2) is 0 Å². The molecular weight excluding hydrogens is 272 g/mol. The number of methoxy groups -OCH3 is 2. The molecule has 0 spiro atoms. The minimum absolute atomic E-state index is 0.263. The van der Waals surface area contributed by atoms with Crippen molar-refractivity contribution in [3.8, 4) is 11.5 Å². The maximum atomic E-state index is 12.4. The van der Waals surface area contributed by atoms with Gasteiger partial charge in [-0.15, -0.1) is 0 Å². The van der Waals surface area contributed by atoms with E-state index in [-0.39, 0.29) is 5.91 Å². The molecule has 0 aliphatic rings. The fraction of sp³-hybridized carbons (Fsp3) is 0.333. The van der Waals surface area contributed by atoms with Gasteiger partial charge in [0, 0.05) is 23.9 Å². The third-order valence-corrected chi connectivity index (χ3v) is 3.10. The molecule has 6 heteroatoms. The summed E-state index contributed by atoms with van der Waals surface area (Å²) in [4.78, 5) is 12.4. The molecule has 112 valence electrons. The zero-order valence-corrected chi connectivity index (χ0v) is 12.5. The van der Waals surface area contributed by atoms with E-state index in [9.17, 15) is 4.79 Å². The molecular formula is C15H18N2O4. The van der Waals surface area contributed by atoms with E-state index in [0.29, 0.717) is 40.6 Å². The number of amides is 1. The Morgan fingerprint density at radius 2 is 1.86 bits per heavy atom. The summed E-state index contributed by atoms with van der Waals surface area (Å²) in [7, 11) is 3.11. The highest BCUT2D eigenvalue weighted by Gasteiger charge is 2.19. The fourth-order valence-electron chi connectivity index (χ4n) is 2.02. The Morgan fingerprint density at radius 3 is 2.38 bits per heavy atom. The molecule has 1 N–H and O–H groups in total. The number of hydrogen-bond acceptors (Lipinski definition) is 5. The summed E-state index contributed by atoms with van der Waals surface area (Å²) < 4.78 is 15.4. The van der Waals surface area contributed by atoms with Crippen LogP contribution in [0, 0.1) is 6.92 Å². The van der Waals surface area contributed by atoms with Crippen LogP contribution in [0.3, 0.4) is 0 Å². The van der Waals surface area contributed by atoms with Crippen LogP contribution < -0.4 is 14.8 Å². The first-order valence-corrected chi connectivity index (χ1v) is 6.58. The summed E-state index contributed by atoms with van der Waals surface area (Å²) in [5, 5.41) is 6.69. The maximum absolute atomic E-state index is 12.4. The van der Waals surface area contributed by atoms with Gasteiger partial charge in [-0.3, -0.25) is 4.79 Å². The summed E-state index contributed by atoms with van der Waals surface area (Å²) in [6, 6.07) is 5.17. The second kappa shape index (κ2) is 6.30. The van der Waals surface area contributed by atoms with E-state index in [2.05, 4.69) is 10.5 Å². The van der Waals surface area contributed by atoms with Crippen LogP contribution in [0.4, 0.5) is 5.69 Å². The first-order chi connectivity index (χ1) is 10.1. The van der Waals surface area contributed by atoms with Gasteiger partial charge >= 0.3 is 0 Å². The zero-order valence-electron chi connectivity index (χ0n) is 12.5. The van der Waals surface area contributed by atoms with Crippen molar-refractivity contribution in [1.29, 1.82) is 0 Å². The van der Waals surface area contributed by atoms with Crippen molar-refractivity contribution >= 4 is 11.6 Å². The van der Waals surface area contributed by atoms with Crippen LogP contribution in [0.2, 0.25) is 0 Å². The standard InChI is InChI=1S/C15H18N2O4/c1-5-13-14(9(2)21-17-13)15(18)16-10-6-11(19-3)8-12(7-10)20-4/h6-8H,5H2,1-4H3,(H,16,18). The van der Waals surface area contributed by atoms with Crippen molar-refractivity contribution in [1.82, 2.24) is 5.16 Å². The molecule has 0 saturated heterocycles. The third-order valence-electron chi connectivity index (χ3n) is 3.10. The average Bonchev–Trinajstić information content (AvgIpc) is 2.87. The van der Waals surface area contributed by atoms with Crippen LogP contribution in [-0.2, 0) is 6.42 Å². The van der Waals surface area contributed by atoms with Gasteiger partial charge in [0.25, 0.3) is 5.91 Å². The lowest BCUT2D eigenvalue weighted by Crippen LogP contribution is -2.14. The van der Waals surface area contributed by atoms with E-state index in [1.807, 2.05) is 6.92 Å². The van der Waals surface area contributed by atoms with Gasteiger partial charge in [-0.1, -0.05) is 12.1 Å². The smallest absolute Gasteiger partial charge is 0.261 e. The molecule has 0 saturated carbocycles. The van der Waals surface area contributed by atoms with Gasteiger partial charge in [0.1, 0.15) is 22.8 Å². The number of hydrogen-bond donors (Lipinski definition) is 1. The molecule has 21 heavy (non-hydrogen) atoms. The molecule has 0 atom stereocenters. The highest BCUT2D eigenvalue weighted by atomic mass is 16.5. The van der Waals surface area contributed by atoms with Crippen LogP contribution in [0.15, 0.2) is 22.7 Å². The normalized spacial score (nSPS) is 10.3. The number of carbonyl (C=O) groups is 1. The Morgan fingerprint density at radius 1 is 1.24 bits per heavy atom. The molecule has 0 aliphatic carbocycles. The highest BCUT2D eigenvalue weighted by Crippen LogP contribution is 2.26. The number of rotatable bonds is 5. The summed E-state index contributed by atoms with van der Waals surface area (Å²) in [5.41, 5.74) is 1.69. The van der Waals surface area contributed by atoms with Crippen LogP contribution in [0.25, 0.3) is 0 Å². The van der Waals surface area contributed by atoms with Gasteiger partial charge in [-0.05, 0) is 13.3 Å². The minimum atomic E-state index is -0.263. The zero-order chi connectivity index (χ0) is 15.4. The van der Waals surface area contributed by atoms with Gasteiger partial charge in [-0.2, -0.15) is 0 Å². The Hall–Kier alpha value is -2.50. The number of anilines is 1. The van der Waals surface area contributed by atoms with Gasteiger partial charge in [-0.25, -0.2) is 0 Å². The predicted octanol–water partition coefficient (Wildman–Crippen LogP) is 2.81. The average molecular weight is 290 g/mol. The van der Waals surface area contributed by atoms with Crippen LogP contribution in [0.5, 0.6) is 11.5 Å². The van der Waals surface area contributed by atoms with Crippen molar-refractivity contribution in [3.63, 3.8) is 0 Å². The van der Waals surface area contributed by atoms with E-state index in [1.54, 1.807) is 39.3 Å². The molecule has 2 rings (SSSR count).